The average Bonchev–Trinajstić information content (AvgIpc) is 3.11. The molecule has 2 aliphatic carbocycles. The molecule has 0 bridgehead atoms. The summed E-state index contributed by atoms with van der Waals surface area (Å²) in [5.74, 6) is 1.32. The van der Waals surface area contributed by atoms with Crippen LogP contribution in [-0.2, 0) is 9.53 Å². The molecule has 1 N–H and O–H groups in total. The van der Waals surface area contributed by atoms with Gasteiger partial charge in [0.15, 0.2) is 0 Å². The number of aliphatic carboxylic acids is 1. The largest absolute Gasteiger partial charge is 0.481 e. The van der Waals surface area contributed by atoms with Gasteiger partial charge in [-0.15, -0.1) is 0 Å². The lowest BCUT2D eigenvalue weighted by Crippen LogP contribution is -2.32. The third kappa shape index (κ3) is 4.00. The molecule has 21 heavy (non-hydrogen) atoms. The predicted octanol–water partition coefficient (Wildman–Crippen LogP) is 4.35. The number of hydrogen-bond acceptors (Lipinski definition) is 2. The SMILES string of the molecule is CCC1CCC(C2CCCC2)C1OCC(C)C(C)C(=O)O. The van der Waals surface area contributed by atoms with Crippen molar-refractivity contribution in [2.45, 2.75) is 71.8 Å². The zero-order chi connectivity index (χ0) is 15.4. The summed E-state index contributed by atoms with van der Waals surface area (Å²) in [7, 11) is 0. The van der Waals surface area contributed by atoms with E-state index in [0.29, 0.717) is 18.6 Å². The maximum atomic E-state index is 11.1. The molecule has 0 amide bonds. The Morgan fingerprint density at radius 2 is 1.86 bits per heavy atom. The zero-order valence-corrected chi connectivity index (χ0v) is 13.9. The molecule has 0 heterocycles. The lowest BCUT2D eigenvalue weighted by Gasteiger charge is -2.30. The highest BCUT2D eigenvalue weighted by Crippen LogP contribution is 2.45. The van der Waals surface area contributed by atoms with Crippen LogP contribution >= 0.6 is 0 Å². The molecule has 0 aromatic heterocycles. The smallest absolute Gasteiger partial charge is 0.306 e. The number of carboxylic acid groups (broad SMARTS) is 1. The van der Waals surface area contributed by atoms with Crippen LogP contribution in [0.4, 0.5) is 0 Å². The lowest BCUT2D eigenvalue weighted by atomic mass is 9.86. The summed E-state index contributed by atoms with van der Waals surface area (Å²) in [4.78, 5) is 11.1. The zero-order valence-electron chi connectivity index (χ0n) is 13.9. The van der Waals surface area contributed by atoms with Crippen molar-refractivity contribution in [2.75, 3.05) is 6.61 Å². The van der Waals surface area contributed by atoms with E-state index in [-0.39, 0.29) is 11.8 Å². The molecule has 0 spiro atoms. The van der Waals surface area contributed by atoms with Crippen LogP contribution in [0.1, 0.15) is 65.7 Å². The maximum absolute atomic E-state index is 11.1. The first kappa shape index (κ1) is 16.8. The van der Waals surface area contributed by atoms with Crippen LogP contribution in [-0.4, -0.2) is 23.8 Å². The van der Waals surface area contributed by atoms with E-state index in [1.54, 1.807) is 6.92 Å². The van der Waals surface area contributed by atoms with E-state index in [1.807, 2.05) is 6.92 Å². The van der Waals surface area contributed by atoms with Gasteiger partial charge in [-0.2, -0.15) is 0 Å². The number of ether oxygens (including phenoxy) is 1. The molecule has 2 saturated carbocycles. The van der Waals surface area contributed by atoms with Gasteiger partial charge in [-0.1, -0.05) is 52.9 Å². The Morgan fingerprint density at radius 1 is 1.19 bits per heavy atom. The first-order chi connectivity index (χ1) is 10.0. The number of rotatable bonds is 7. The fourth-order valence-corrected chi connectivity index (χ4v) is 4.32. The summed E-state index contributed by atoms with van der Waals surface area (Å²) in [6.45, 7) is 6.65. The summed E-state index contributed by atoms with van der Waals surface area (Å²) in [5, 5.41) is 9.11. The molecule has 2 fully saturated rings. The van der Waals surface area contributed by atoms with Crippen molar-refractivity contribution in [1.29, 1.82) is 0 Å². The number of hydrogen-bond donors (Lipinski definition) is 1. The highest BCUT2D eigenvalue weighted by Gasteiger charge is 2.41. The molecule has 0 saturated heterocycles. The van der Waals surface area contributed by atoms with E-state index >= 15 is 0 Å². The van der Waals surface area contributed by atoms with Gasteiger partial charge in [0.1, 0.15) is 0 Å². The Morgan fingerprint density at radius 3 is 2.43 bits per heavy atom. The second-order valence-electron chi connectivity index (χ2n) is 7.36. The van der Waals surface area contributed by atoms with Gasteiger partial charge in [-0.05, 0) is 36.5 Å². The van der Waals surface area contributed by atoms with Gasteiger partial charge in [0.2, 0.25) is 0 Å². The van der Waals surface area contributed by atoms with Crippen LogP contribution in [0.15, 0.2) is 0 Å². The molecule has 0 aliphatic heterocycles. The molecule has 2 rings (SSSR count). The van der Waals surface area contributed by atoms with Crippen LogP contribution in [0.2, 0.25) is 0 Å². The van der Waals surface area contributed by atoms with Gasteiger partial charge in [-0.3, -0.25) is 4.79 Å². The van der Waals surface area contributed by atoms with Gasteiger partial charge >= 0.3 is 5.97 Å². The third-order valence-corrected chi connectivity index (χ3v) is 6.08. The first-order valence-electron chi connectivity index (χ1n) is 8.89. The van der Waals surface area contributed by atoms with E-state index in [9.17, 15) is 4.79 Å². The van der Waals surface area contributed by atoms with Crippen LogP contribution in [0.3, 0.4) is 0 Å². The monoisotopic (exact) mass is 296 g/mol. The maximum Gasteiger partial charge on any atom is 0.306 e. The quantitative estimate of drug-likeness (QED) is 0.759. The standard InChI is InChI=1S/C18H32O3/c1-4-14-9-10-16(15-7-5-6-8-15)17(14)21-11-12(2)13(3)18(19)20/h12-17H,4-11H2,1-3H3,(H,19,20). The molecule has 122 valence electrons. The molecule has 3 nitrogen and oxygen atoms in total. The fourth-order valence-electron chi connectivity index (χ4n) is 4.32. The van der Waals surface area contributed by atoms with E-state index in [4.69, 9.17) is 9.84 Å². The molecule has 0 aromatic carbocycles. The van der Waals surface area contributed by atoms with E-state index in [0.717, 1.165) is 11.8 Å². The Kier molecular flexibility index (Phi) is 6.09. The van der Waals surface area contributed by atoms with Crippen molar-refractivity contribution in [3.8, 4) is 0 Å². The molecule has 0 radical (unpaired) electrons. The molecule has 5 atom stereocenters. The number of carboxylic acids is 1. The Bertz CT molecular complexity index is 335. The van der Waals surface area contributed by atoms with Crippen molar-refractivity contribution in [3.63, 3.8) is 0 Å². The van der Waals surface area contributed by atoms with Crippen LogP contribution in [0.5, 0.6) is 0 Å². The minimum atomic E-state index is -0.711. The van der Waals surface area contributed by atoms with Gasteiger partial charge in [0.25, 0.3) is 0 Å². The summed E-state index contributed by atoms with van der Waals surface area (Å²) >= 11 is 0. The Hall–Kier alpha value is -0.570. The predicted molar refractivity (Wildman–Crippen MR) is 84.2 cm³/mol. The number of carbonyl (C=O) groups is 1. The summed E-state index contributed by atoms with van der Waals surface area (Å²) in [6.07, 6.45) is 9.71. The Labute approximate surface area is 129 Å². The lowest BCUT2D eigenvalue weighted by molar-refractivity contribution is -0.144. The second kappa shape index (κ2) is 7.62. The Balaban J connectivity index is 1.91. The van der Waals surface area contributed by atoms with Crippen molar-refractivity contribution in [1.82, 2.24) is 0 Å². The van der Waals surface area contributed by atoms with Crippen molar-refractivity contribution in [2.24, 2.45) is 29.6 Å². The van der Waals surface area contributed by atoms with Gasteiger partial charge in [0, 0.05) is 0 Å². The molecule has 0 aromatic rings. The highest BCUT2D eigenvalue weighted by molar-refractivity contribution is 5.69. The van der Waals surface area contributed by atoms with E-state index < -0.39 is 5.97 Å². The average molecular weight is 296 g/mol. The minimum Gasteiger partial charge on any atom is -0.481 e. The van der Waals surface area contributed by atoms with Crippen LogP contribution in [0.25, 0.3) is 0 Å². The molecular formula is C18H32O3. The highest BCUT2D eigenvalue weighted by atomic mass is 16.5. The summed E-state index contributed by atoms with van der Waals surface area (Å²) in [5.41, 5.74) is 0. The van der Waals surface area contributed by atoms with Gasteiger partial charge in [0.05, 0.1) is 18.6 Å². The van der Waals surface area contributed by atoms with Crippen molar-refractivity contribution in [3.05, 3.63) is 0 Å². The van der Waals surface area contributed by atoms with Crippen LogP contribution in [0, 0.1) is 29.6 Å². The molecule has 3 heteroatoms. The summed E-state index contributed by atoms with van der Waals surface area (Å²) in [6, 6.07) is 0. The normalized spacial score (nSPS) is 33.2. The topological polar surface area (TPSA) is 46.5 Å². The van der Waals surface area contributed by atoms with Gasteiger partial charge in [-0.25, -0.2) is 0 Å². The second-order valence-corrected chi connectivity index (χ2v) is 7.36. The fraction of sp³-hybridized carbons (Fsp3) is 0.944. The van der Waals surface area contributed by atoms with Crippen molar-refractivity contribution < 1.29 is 14.6 Å². The minimum absolute atomic E-state index is 0.0878. The first-order valence-corrected chi connectivity index (χ1v) is 8.89. The summed E-state index contributed by atoms with van der Waals surface area (Å²) < 4.78 is 6.30. The van der Waals surface area contributed by atoms with Crippen LogP contribution < -0.4 is 0 Å². The van der Waals surface area contributed by atoms with E-state index in [1.165, 1.54) is 44.9 Å². The van der Waals surface area contributed by atoms with Gasteiger partial charge < -0.3 is 9.84 Å². The molecule has 2 aliphatic rings. The third-order valence-electron chi connectivity index (χ3n) is 6.08. The molecule has 5 unspecified atom stereocenters. The van der Waals surface area contributed by atoms with Crippen molar-refractivity contribution >= 4 is 5.97 Å². The van der Waals surface area contributed by atoms with E-state index in [2.05, 4.69) is 6.92 Å². The molecular weight excluding hydrogens is 264 g/mol.